The minimum atomic E-state index is -0.953. The van der Waals surface area contributed by atoms with E-state index in [1.54, 1.807) is 0 Å². The number of ether oxygens (including phenoxy) is 1. The van der Waals surface area contributed by atoms with E-state index in [9.17, 15) is 14.7 Å². The molecule has 0 radical (unpaired) electrons. The fraction of sp³-hybridized carbons (Fsp3) is 0.619. The summed E-state index contributed by atoms with van der Waals surface area (Å²) in [5.41, 5.74) is 1.40. The third-order valence-electron chi connectivity index (χ3n) is 5.32. The maximum absolute atomic E-state index is 12.6. The SMILES string of the molecule is CCC1(CC)NC(=O)N(CC(O)COc2ccc(C(C)(C)C)cc2C)C1=O. The first-order valence-corrected chi connectivity index (χ1v) is 9.60. The van der Waals surface area contributed by atoms with E-state index < -0.39 is 17.7 Å². The summed E-state index contributed by atoms with van der Waals surface area (Å²) in [6.07, 6.45) is 0.0957. The molecule has 0 bridgehead atoms. The zero-order valence-electron chi connectivity index (χ0n) is 17.3. The lowest BCUT2D eigenvalue weighted by molar-refractivity contribution is -0.132. The molecule has 27 heavy (non-hydrogen) atoms. The van der Waals surface area contributed by atoms with Crippen molar-refractivity contribution < 1.29 is 19.4 Å². The molecule has 6 heteroatoms. The Morgan fingerprint density at radius 2 is 1.85 bits per heavy atom. The number of aryl methyl sites for hydroxylation is 1. The predicted molar refractivity (Wildman–Crippen MR) is 105 cm³/mol. The van der Waals surface area contributed by atoms with Crippen molar-refractivity contribution in [2.75, 3.05) is 13.2 Å². The van der Waals surface area contributed by atoms with Gasteiger partial charge in [0.05, 0.1) is 6.54 Å². The molecule has 1 aromatic rings. The van der Waals surface area contributed by atoms with Gasteiger partial charge in [-0.3, -0.25) is 9.69 Å². The summed E-state index contributed by atoms with van der Waals surface area (Å²) in [6.45, 7) is 12.1. The second-order valence-corrected chi connectivity index (χ2v) is 8.33. The molecule has 1 heterocycles. The van der Waals surface area contributed by atoms with Crippen molar-refractivity contribution in [2.24, 2.45) is 0 Å². The third kappa shape index (κ3) is 4.43. The van der Waals surface area contributed by atoms with Gasteiger partial charge in [-0.25, -0.2) is 4.79 Å². The van der Waals surface area contributed by atoms with Crippen LogP contribution >= 0.6 is 0 Å². The van der Waals surface area contributed by atoms with Gasteiger partial charge in [0, 0.05) is 0 Å². The Balaban J connectivity index is 1.98. The lowest BCUT2D eigenvalue weighted by atomic mass is 9.86. The molecule has 2 N–H and O–H groups in total. The summed E-state index contributed by atoms with van der Waals surface area (Å²) in [7, 11) is 0. The fourth-order valence-corrected chi connectivity index (χ4v) is 3.30. The number of nitrogens with zero attached hydrogens (tertiary/aromatic N) is 1. The van der Waals surface area contributed by atoms with Crippen LogP contribution in [0.3, 0.4) is 0 Å². The van der Waals surface area contributed by atoms with E-state index in [0.29, 0.717) is 18.6 Å². The van der Waals surface area contributed by atoms with Gasteiger partial charge in [0.2, 0.25) is 0 Å². The lowest BCUT2D eigenvalue weighted by Gasteiger charge is -2.24. The van der Waals surface area contributed by atoms with Gasteiger partial charge in [0.15, 0.2) is 0 Å². The predicted octanol–water partition coefficient (Wildman–Crippen LogP) is 3.14. The van der Waals surface area contributed by atoms with Crippen LogP contribution < -0.4 is 10.1 Å². The molecule has 0 spiro atoms. The maximum atomic E-state index is 12.6. The van der Waals surface area contributed by atoms with Crippen LogP contribution in [0.4, 0.5) is 4.79 Å². The summed E-state index contributed by atoms with van der Waals surface area (Å²) in [5.74, 6) is 0.415. The quantitative estimate of drug-likeness (QED) is 0.717. The van der Waals surface area contributed by atoms with Crippen molar-refractivity contribution in [3.63, 3.8) is 0 Å². The van der Waals surface area contributed by atoms with Crippen molar-refractivity contribution in [1.82, 2.24) is 10.2 Å². The molecule has 0 saturated carbocycles. The number of carbonyl (C=O) groups is 2. The first-order valence-electron chi connectivity index (χ1n) is 9.60. The van der Waals surface area contributed by atoms with Crippen molar-refractivity contribution in [1.29, 1.82) is 0 Å². The first-order chi connectivity index (χ1) is 12.5. The highest BCUT2D eigenvalue weighted by Gasteiger charge is 2.49. The molecule has 1 aliphatic heterocycles. The highest BCUT2D eigenvalue weighted by Crippen LogP contribution is 2.28. The summed E-state index contributed by atoms with van der Waals surface area (Å²) in [6, 6.07) is 5.54. The van der Waals surface area contributed by atoms with Crippen LogP contribution in [-0.4, -0.2) is 46.7 Å². The van der Waals surface area contributed by atoms with Gasteiger partial charge < -0.3 is 15.2 Å². The number of β-amino-alcohol motifs (C(OH)–C–C–N with tert-alkyl or cyclic N) is 1. The maximum Gasteiger partial charge on any atom is 0.325 e. The zero-order valence-corrected chi connectivity index (χ0v) is 17.3. The van der Waals surface area contributed by atoms with Crippen LogP contribution in [0.15, 0.2) is 18.2 Å². The van der Waals surface area contributed by atoms with E-state index in [2.05, 4.69) is 32.2 Å². The molecule has 1 aromatic carbocycles. The molecular weight excluding hydrogens is 344 g/mol. The Morgan fingerprint density at radius 3 is 2.33 bits per heavy atom. The van der Waals surface area contributed by atoms with E-state index in [4.69, 9.17) is 4.74 Å². The fourth-order valence-electron chi connectivity index (χ4n) is 3.30. The number of urea groups is 1. The number of aliphatic hydroxyl groups is 1. The van der Waals surface area contributed by atoms with Gasteiger partial charge >= 0.3 is 6.03 Å². The summed E-state index contributed by atoms with van der Waals surface area (Å²) in [4.78, 5) is 25.8. The van der Waals surface area contributed by atoms with Crippen LogP contribution in [0.5, 0.6) is 5.75 Å². The first kappa shape index (κ1) is 21.2. The minimum Gasteiger partial charge on any atom is -0.491 e. The second kappa shape index (κ2) is 7.89. The molecule has 0 aliphatic carbocycles. The molecule has 0 aromatic heterocycles. The summed E-state index contributed by atoms with van der Waals surface area (Å²) in [5, 5.41) is 13.1. The largest absolute Gasteiger partial charge is 0.491 e. The van der Waals surface area contributed by atoms with E-state index >= 15 is 0 Å². The Labute approximate surface area is 161 Å². The molecule has 6 nitrogen and oxygen atoms in total. The Hall–Kier alpha value is -2.08. The number of amides is 3. The monoisotopic (exact) mass is 376 g/mol. The van der Waals surface area contributed by atoms with Gasteiger partial charge in [-0.2, -0.15) is 0 Å². The van der Waals surface area contributed by atoms with E-state index in [0.717, 1.165) is 10.5 Å². The zero-order chi connectivity index (χ0) is 20.4. The normalized spacial score (nSPS) is 17.8. The van der Waals surface area contributed by atoms with Crippen molar-refractivity contribution in [3.8, 4) is 5.75 Å². The second-order valence-electron chi connectivity index (χ2n) is 8.33. The topological polar surface area (TPSA) is 78.9 Å². The Bertz CT molecular complexity index is 705. The molecule has 1 atom stereocenters. The molecule has 1 unspecified atom stereocenters. The van der Waals surface area contributed by atoms with Crippen molar-refractivity contribution in [3.05, 3.63) is 29.3 Å². The highest BCUT2D eigenvalue weighted by molar-refractivity contribution is 6.07. The van der Waals surface area contributed by atoms with Crippen LogP contribution in [0.1, 0.15) is 58.6 Å². The average Bonchev–Trinajstić information content (AvgIpc) is 2.84. The Morgan fingerprint density at radius 1 is 1.22 bits per heavy atom. The van der Waals surface area contributed by atoms with Gasteiger partial charge in [-0.05, 0) is 42.4 Å². The highest BCUT2D eigenvalue weighted by atomic mass is 16.5. The van der Waals surface area contributed by atoms with Gasteiger partial charge in [0.1, 0.15) is 24.0 Å². The smallest absolute Gasteiger partial charge is 0.325 e. The number of imide groups is 1. The average molecular weight is 376 g/mol. The third-order valence-corrected chi connectivity index (χ3v) is 5.32. The van der Waals surface area contributed by atoms with Crippen LogP contribution in [-0.2, 0) is 10.2 Å². The van der Waals surface area contributed by atoms with Crippen LogP contribution in [0.25, 0.3) is 0 Å². The van der Waals surface area contributed by atoms with E-state index in [1.165, 1.54) is 5.56 Å². The van der Waals surface area contributed by atoms with Crippen LogP contribution in [0, 0.1) is 6.92 Å². The minimum absolute atomic E-state index is 0.0119. The summed E-state index contributed by atoms with van der Waals surface area (Å²) < 4.78 is 5.73. The summed E-state index contributed by atoms with van der Waals surface area (Å²) >= 11 is 0. The number of hydrogen-bond donors (Lipinski definition) is 2. The Kier molecular flexibility index (Phi) is 6.20. The van der Waals surface area contributed by atoms with Crippen molar-refractivity contribution >= 4 is 11.9 Å². The number of nitrogens with one attached hydrogen (secondary N) is 1. The molecule has 1 aliphatic rings. The molecule has 150 valence electrons. The van der Waals surface area contributed by atoms with Crippen LogP contribution in [0.2, 0.25) is 0 Å². The molecule has 1 fully saturated rings. The molecule has 3 amide bonds. The van der Waals surface area contributed by atoms with Gasteiger partial charge in [-0.1, -0.05) is 46.8 Å². The van der Waals surface area contributed by atoms with Crippen molar-refractivity contribution in [2.45, 2.75) is 71.4 Å². The van der Waals surface area contributed by atoms with Gasteiger partial charge in [-0.15, -0.1) is 0 Å². The number of benzene rings is 1. The standard InChI is InChI=1S/C21H32N2O4/c1-7-21(8-2)18(25)23(19(26)22-21)12-16(24)13-27-17-10-9-15(11-14(17)3)20(4,5)6/h9-11,16,24H,7-8,12-13H2,1-6H3,(H,22,26). The number of aliphatic hydroxyl groups excluding tert-OH is 1. The number of hydrogen-bond acceptors (Lipinski definition) is 4. The van der Waals surface area contributed by atoms with E-state index in [-0.39, 0.29) is 24.5 Å². The van der Waals surface area contributed by atoms with Gasteiger partial charge in [0.25, 0.3) is 5.91 Å². The molecule has 1 saturated heterocycles. The number of rotatable bonds is 7. The number of carbonyl (C=O) groups excluding carboxylic acids is 2. The lowest BCUT2D eigenvalue weighted by Crippen LogP contribution is -2.46. The van der Waals surface area contributed by atoms with E-state index in [1.807, 2.05) is 32.9 Å². The molecule has 2 rings (SSSR count). The molecular formula is C21H32N2O4.